The van der Waals surface area contributed by atoms with Gasteiger partial charge in [-0.2, -0.15) is 0 Å². The minimum Gasteiger partial charge on any atom is -0.387 e. The lowest BCUT2D eigenvalue weighted by Crippen LogP contribution is -2.75. The summed E-state index contributed by atoms with van der Waals surface area (Å²) in [6.07, 6.45) is 2.07. The Labute approximate surface area is 208 Å². The van der Waals surface area contributed by atoms with Gasteiger partial charge >= 0.3 is 8.80 Å². The minimum absolute atomic E-state index is 0.279. The molecule has 0 radical (unpaired) electrons. The Balaban J connectivity index is 2.38. The fourth-order valence-electron chi connectivity index (χ4n) is 5.13. The average Bonchev–Trinajstić information content (AvgIpc) is 2.72. The molecule has 0 bridgehead atoms. The fourth-order valence-corrected chi connectivity index (χ4v) is 7.58. The molecule has 1 aliphatic heterocycles. The average molecular weight is 478 g/mol. The second-order valence-electron chi connectivity index (χ2n) is 10.8. The Morgan fingerprint density at radius 2 is 1.03 bits per heavy atom. The molecular formula is C29H43N3OSi. The third kappa shape index (κ3) is 4.49. The van der Waals surface area contributed by atoms with Crippen molar-refractivity contribution >= 4 is 20.2 Å². The summed E-state index contributed by atoms with van der Waals surface area (Å²) < 4.78 is 4.03. The van der Waals surface area contributed by atoms with Gasteiger partial charge in [-0.25, -0.2) is 0 Å². The number of anilines is 2. The first kappa shape index (κ1) is 26.3. The van der Waals surface area contributed by atoms with Gasteiger partial charge in [-0.05, 0) is 58.9 Å². The van der Waals surface area contributed by atoms with Crippen LogP contribution >= 0.6 is 0 Å². The second kappa shape index (κ2) is 9.72. The highest BCUT2D eigenvalue weighted by molar-refractivity contribution is 6.78. The molecule has 0 aromatic heterocycles. The van der Waals surface area contributed by atoms with Crippen LogP contribution in [0.25, 0.3) is 0 Å². The van der Waals surface area contributed by atoms with Gasteiger partial charge in [0.2, 0.25) is 0 Å². The molecule has 0 amide bonds. The van der Waals surface area contributed by atoms with Crippen LogP contribution in [0.4, 0.5) is 11.4 Å². The van der Waals surface area contributed by atoms with Gasteiger partial charge in [0.1, 0.15) is 0 Å². The van der Waals surface area contributed by atoms with E-state index >= 15 is 0 Å². The summed E-state index contributed by atoms with van der Waals surface area (Å²) in [5, 5.41) is 7.13. The highest BCUT2D eigenvalue weighted by Gasteiger charge is 2.51. The molecule has 0 fully saturated rings. The van der Waals surface area contributed by atoms with Crippen molar-refractivity contribution in [3.05, 3.63) is 82.7 Å². The van der Waals surface area contributed by atoms with Crippen LogP contribution < -0.4 is 14.5 Å². The van der Waals surface area contributed by atoms with Gasteiger partial charge in [0.15, 0.2) is 0 Å². The number of allylic oxidation sites excluding steroid dienone is 2. The van der Waals surface area contributed by atoms with E-state index in [9.17, 15) is 4.80 Å². The summed E-state index contributed by atoms with van der Waals surface area (Å²) in [4.78, 5) is 12.4. The molecule has 0 aliphatic carbocycles. The predicted octanol–water partition coefficient (Wildman–Crippen LogP) is 7.31. The monoisotopic (exact) mass is 477 g/mol. The van der Waals surface area contributed by atoms with E-state index in [-0.39, 0.29) is 11.8 Å². The zero-order valence-electron chi connectivity index (χ0n) is 22.5. The lowest BCUT2D eigenvalue weighted by atomic mass is 9.92. The first-order valence-corrected chi connectivity index (χ1v) is 14.5. The van der Waals surface area contributed by atoms with Crippen LogP contribution in [0.3, 0.4) is 0 Å². The maximum absolute atomic E-state index is 12.4. The molecule has 0 saturated heterocycles. The molecule has 2 aromatic rings. The summed E-state index contributed by atoms with van der Waals surface area (Å²) in [6.45, 7) is 24.0. The van der Waals surface area contributed by atoms with Crippen molar-refractivity contribution in [1.82, 2.24) is 0 Å². The fraction of sp³-hybridized carbons (Fsp3) is 0.448. The van der Waals surface area contributed by atoms with E-state index in [2.05, 4.69) is 104 Å². The quantitative estimate of drug-likeness (QED) is 0.428. The molecule has 2 aromatic carbocycles. The van der Waals surface area contributed by atoms with Gasteiger partial charge in [0, 0.05) is 22.8 Å². The third-order valence-corrected chi connectivity index (χ3v) is 9.21. The summed E-state index contributed by atoms with van der Waals surface area (Å²) in [5.41, 5.74) is 8.48. The SMILES string of the molecule is C=C1C=C(C)N(c2c(C(C)C)cccc2C(C)C)[Si@@](N)(O)N1c1c(C(C)C)cccc1C(C)C. The highest BCUT2D eigenvalue weighted by Crippen LogP contribution is 2.45. The van der Waals surface area contributed by atoms with Crippen molar-refractivity contribution < 1.29 is 4.80 Å². The first-order chi connectivity index (χ1) is 15.8. The maximum atomic E-state index is 12.4. The number of nitrogens with zero attached hydrogens (tertiary/aromatic N) is 2. The van der Waals surface area contributed by atoms with E-state index in [0.717, 1.165) is 22.8 Å². The first-order valence-electron chi connectivity index (χ1n) is 12.5. The van der Waals surface area contributed by atoms with E-state index in [1.807, 2.05) is 16.1 Å². The van der Waals surface area contributed by atoms with Crippen LogP contribution in [0.1, 0.15) is 108 Å². The van der Waals surface area contributed by atoms with Crippen molar-refractivity contribution in [1.29, 1.82) is 0 Å². The van der Waals surface area contributed by atoms with Gasteiger partial charge in [0.25, 0.3) is 0 Å². The summed E-state index contributed by atoms with van der Waals surface area (Å²) in [6, 6.07) is 12.9. The van der Waals surface area contributed by atoms with Gasteiger partial charge in [-0.1, -0.05) is 98.4 Å². The topological polar surface area (TPSA) is 52.7 Å². The van der Waals surface area contributed by atoms with Crippen molar-refractivity contribution in [3.8, 4) is 0 Å². The summed E-state index contributed by atoms with van der Waals surface area (Å²) in [5.74, 6) is 1.14. The molecule has 184 valence electrons. The van der Waals surface area contributed by atoms with Crippen LogP contribution in [0.15, 0.2) is 60.4 Å². The Kier molecular flexibility index (Phi) is 7.51. The predicted molar refractivity (Wildman–Crippen MR) is 149 cm³/mol. The normalized spacial score (nSPS) is 19.1. The number of nitrogens with two attached hydrogens (primary N) is 1. The maximum Gasteiger partial charge on any atom is 0.513 e. The van der Waals surface area contributed by atoms with Gasteiger partial charge in [-0.15, -0.1) is 0 Å². The van der Waals surface area contributed by atoms with Crippen molar-refractivity contribution in [3.63, 3.8) is 0 Å². The number of para-hydroxylation sites is 2. The molecule has 4 nitrogen and oxygen atoms in total. The second-order valence-corrected chi connectivity index (χ2v) is 13.1. The largest absolute Gasteiger partial charge is 0.513 e. The number of hydrogen-bond acceptors (Lipinski definition) is 4. The summed E-state index contributed by atoms with van der Waals surface area (Å²) >= 11 is 0. The van der Waals surface area contributed by atoms with E-state index < -0.39 is 8.80 Å². The molecule has 5 heteroatoms. The van der Waals surface area contributed by atoms with Crippen molar-refractivity contribution in [2.45, 2.75) is 86.0 Å². The highest BCUT2D eigenvalue weighted by atomic mass is 28.4. The van der Waals surface area contributed by atoms with Crippen LogP contribution in [-0.4, -0.2) is 13.6 Å². The van der Waals surface area contributed by atoms with Gasteiger partial charge < -0.3 is 13.9 Å². The molecule has 0 saturated carbocycles. The molecule has 0 spiro atoms. The van der Waals surface area contributed by atoms with Crippen molar-refractivity contribution in [2.24, 2.45) is 5.40 Å². The van der Waals surface area contributed by atoms with Crippen molar-refractivity contribution in [2.75, 3.05) is 9.13 Å². The number of rotatable bonds is 6. The Morgan fingerprint density at radius 1 is 0.706 bits per heavy atom. The Bertz CT molecular complexity index is 1050. The molecule has 1 aliphatic rings. The van der Waals surface area contributed by atoms with Crippen LogP contribution in [0.5, 0.6) is 0 Å². The molecular weight excluding hydrogens is 434 g/mol. The zero-order valence-corrected chi connectivity index (χ0v) is 23.5. The number of hydrogen-bond donors (Lipinski definition) is 2. The van der Waals surface area contributed by atoms with Crippen LogP contribution in [0, 0.1) is 0 Å². The number of benzene rings is 2. The molecule has 1 atom stereocenters. The van der Waals surface area contributed by atoms with E-state index in [1.165, 1.54) is 22.3 Å². The summed E-state index contributed by atoms with van der Waals surface area (Å²) in [7, 11) is -3.77. The van der Waals surface area contributed by atoms with Gasteiger partial charge in [0.05, 0.1) is 0 Å². The molecule has 34 heavy (non-hydrogen) atoms. The third-order valence-electron chi connectivity index (χ3n) is 6.81. The molecule has 1 heterocycles. The zero-order chi connectivity index (χ0) is 25.5. The molecule has 0 unspecified atom stereocenters. The van der Waals surface area contributed by atoms with E-state index in [0.29, 0.717) is 11.8 Å². The van der Waals surface area contributed by atoms with Crippen LogP contribution in [0.2, 0.25) is 0 Å². The minimum atomic E-state index is -3.77. The molecule has 3 rings (SSSR count). The van der Waals surface area contributed by atoms with Crippen LogP contribution in [-0.2, 0) is 0 Å². The molecule has 3 N–H and O–H groups in total. The lowest BCUT2D eigenvalue weighted by molar-refractivity contribution is 0.522. The smallest absolute Gasteiger partial charge is 0.387 e. The van der Waals surface area contributed by atoms with Gasteiger partial charge in [-0.3, -0.25) is 5.40 Å². The lowest BCUT2D eigenvalue weighted by Gasteiger charge is -2.49. The van der Waals surface area contributed by atoms with E-state index in [4.69, 9.17) is 5.40 Å². The Hall–Kier alpha value is -2.34. The standard InChI is InChI=1S/C29H43N3OSi/c1-18(2)24-13-11-14-25(19(3)4)28(24)31-22(9)17-23(10)32(34(31,30)33)29-26(20(5)6)15-12-16-27(29)21(7)8/h11-21,33H,9,30H2,1-8,10H3/t34-/m0/s1. The Morgan fingerprint density at radius 3 is 1.35 bits per heavy atom. The van der Waals surface area contributed by atoms with E-state index in [1.54, 1.807) is 0 Å².